The molecule has 2 aromatic carbocycles. The van der Waals surface area contributed by atoms with E-state index in [2.05, 4.69) is 4.72 Å². The van der Waals surface area contributed by atoms with Crippen LogP contribution in [0, 0.1) is 17.0 Å². The van der Waals surface area contributed by atoms with Crippen molar-refractivity contribution in [2.45, 2.75) is 30.8 Å². The van der Waals surface area contributed by atoms with E-state index in [0.29, 0.717) is 10.6 Å². The predicted octanol–water partition coefficient (Wildman–Crippen LogP) is 3.33. The maximum atomic E-state index is 12.6. The van der Waals surface area contributed by atoms with Gasteiger partial charge in [-0.25, -0.2) is 8.42 Å². The third kappa shape index (κ3) is 4.31. The van der Waals surface area contributed by atoms with Crippen LogP contribution in [0.4, 0.5) is 0 Å². The number of halogens is 1. The molecule has 2 rings (SSSR count). The van der Waals surface area contributed by atoms with E-state index in [1.54, 1.807) is 36.4 Å². The molecule has 0 aliphatic carbocycles. The first-order valence-electron chi connectivity index (χ1n) is 7.18. The highest BCUT2D eigenvalue weighted by Gasteiger charge is 2.32. The molecule has 8 heteroatoms. The van der Waals surface area contributed by atoms with Crippen LogP contribution in [0.1, 0.15) is 24.1 Å². The summed E-state index contributed by atoms with van der Waals surface area (Å²) in [6.45, 7) is 3.20. The van der Waals surface area contributed by atoms with Crippen LogP contribution in [0.25, 0.3) is 0 Å². The van der Waals surface area contributed by atoms with Crippen LogP contribution in [-0.2, 0) is 10.0 Å². The number of nitrogens with one attached hydrogen (secondary N) is 1. The molecule has 0 aliphatic heterocycles. The fourth-order valence-electron chi connectivity index (χ4n) is 2.19. The summed E-state index contributed by atoms with van der Waals surface area (Å²) < 4.78 is 27.6. The molecule has 0 fully saturated rings. The second kappa shape index (κ2) is 7.29. The molecule has 6 nitrogen and oxygen atoms in total. The zero-order chi connectivity index (χ0) is 17.9. The minimum absolute atomic E-state index is 0.0580. The first-order chi connectivity index (χ1) is 11.2. The molecule has 128 valence electrons. The van der Waals surface area contributed by atoms with Crippen LogP contribution >= 0.6 is 11.6 Å². The Morgan fingerprint density at radius 1 is 1.08 bits per heavy atom. The third-order valence-electron chi connectivity index (χ3n) is 3.66. The van der Waals surface area contributed by atoms with Gasteiger partial charge in [-0.05, 0) is 36.8 Å². The van der Waals surface area contributed by atoms with E-state index in [1.807, 2.05) is 6.92 Å². The van der Waals surface area contributed by atoms with Crippen molar-refractivity contribution in [3.05, 3.63) is 74.8 Å². The molecule has 2 aromatic rings. The van der Waals surface area contributed by atoms with Crippen molar-refractivity contribution in [1.82, 2.24) is 4.72 Å². The Kier molecular flexibility index (Phi) is 5.58. The van der Waals surface area contributed by atoms with Crippen molar-refractivity contribution in [3.8, 4) is 0 Å². The van der Waals surface area contributed by atoms with Crippen LogP contribution in [-0.4, -0.2) is 19.4 Å². The number of benzene rings is 2. The molecule has 2 atom stereocenters. The van der Waals surface area contributed by atoms with Crippen molar-refractivity contribution in [3.63, 3.8) is 0 Å². The van der Waals surface area contributed by atoms with Crippen LogP contribution < -0.4 is 4.72 Å². The molecular formula is C16H17ClN2O4S. The van der Waals surface area contributed by atoms with Crippen LogP contribution in [0.5, 0.6) is 0 Å². The molecule has 0 radical (unpaired) electrons. The van der Waals surface area contributed by atoms with Crippen molar-refractivity contribution in [2.24, 2.45) is 0 Å². The van der Waals surface area contributed by atoms with Gasteiger partial charge in [-0.1, -0.05) is 41.4 Å². The number of hydrogen-bond acceptors (Lipinski definition) is 4. The molecule has 0 bridgehead atoms. The molecule has 0 aliphatic rings. The minimum atomic E-state index is -3.90. The van der Waals surface area contributed by atoms with Crippen LogP contribution in [0.2, 0.25) is 5.02 Å². The Hall–Kier alpha value is -1.96. The third-order valence-corrected chi connectivity index (χ3v) is 5.37. The Balaban J connectivity index is 2.39. The second-order valence-electron chi connectivity index (χ2n) is 5.49. The lowest BCUT2D eigenvalue weighted by Crippen LogP contribution is -2.38. The van der Waals surface area contributed by atoms with E-state index in [4.69, 9.17) is 11.6 Å². The quantitative estimate of drug-likeness (QED) is 0.625. The van der Waals surface area contributed by atoms with Crippen molar-refractivity contribution in [1.29, 1.82) is 0 Å². The molecule has 24 heavy (non-hydrogen) atoms. The molecule has 0 saturated carbocycles. The summed E-state index contributed by atoms with van der Waals surface area (Å²) in [5.41, 5.74) is 1.39. The van der Waals surface area contributed by atoms with E-state index in [1.165, 1.54) is 19.1 Å². The maximum absolute atomic E-state index is 12.6. The zero-order valence-electron chi connectivity index (χ0n) is 13.1. The largest absolute Gasteiger partial charge is 0.264 e. The monoisotopic (exact) mass is 368 g/mol. The lowest BCUT2D eigenvalue weighted by molar-refractivity contribution is -0.522. The second-order valence-corrected chi connectivity index (χ2v) is 7.64. The van der Waals surface area contributed by atoms with Gasteiger partial charge < -0.3 is 0 Å². The summed E-state index contributed by atoms with van der Waals surface area (Å²) in [6, 6.07) is 10.4. The number of rotatable bonds is 6. The van der Waals surface area contributed by atoms with Gasteiger partial charge in [-0.15, -0.1) is 0 Å². The van der Waals surface area contributed by atoms with Gasteiger partial charge >= 0.3 is 0 Å². The summed E-state index contributed by atoms with van der Waals surface area (Å²) in [6.07, 6.45) is 0. The van der Waals surface area contributed by atoms with Crippen molar-refractivity contribution < 1.29 is 13.3 Å². The SMILES string of the molecule is Cc1ccc(S(=O)(=O)NC(c2ccc(Cl)cc2)C(C)[N+](=O)[O-])cc1. The van der Waals surface area contributed by atoms with Gasteiger partial charge in [0.2, 0.25) is 16.1 Å². The highest BCUT2D eigenvalue weighted by molar-refractivity contribution is 7.89. The van der Waals surface area contributed by atoms with Crippen molar-refractivity contribution in [2.75, 3.05) is 0 Å². The summed E-state index contributed by atoms with van der Waals surface area (Å²) in [7, 11) is -3.90. The average Bonchev–Trinajstić information content (AvgIpc) is 2.53. The standard InChI is InChI=1S/C16H17ClN2O4S/c1-11-3-9-15(10-4-11)24(22,23)18-16(12(2)19(20)21)13-5-7-14(17)8-6-13/h3-10,12,16,18H,1-2H3. The van der Waals surface area contributed by atoms with Gasteiger partial charge in [0.25, 0.3) is 0 Å². The normalized spacial score (nSPS) is 14.1. The number of hydrogen-bond donors (Lipinski definition) is 1. The summed E-state index contributed by atoms with van der Waals surface area (Å²) in [5, 5.41) is 11.7. The lowest BCUT2D eigenvalue weighted by atomic mass is 10.0. The van der Waals surface area contributed by atoms with Gasteiger partial charge in [0.15, 0.2) is 0 Å². The molecule has 0 spiro atoms. The number of aryl methyl sites for hydroxylation is 1. The molecule has 2 unspecified atom stereocenters. The molecule has 0 saturated heterocycles. The topological polar surface area (TPSA) is 89.3 Å². The minimum Gasteiger partial charge on any atom is -0.264 e. The number of nitro groups is 1. The van der Waals surface area contributed by atoms with Gasteiger partial charge in [0, 0.05) is 16.9 Å². The number of sulfonamides is 1. The maximum Gasteiger partial charge on any atom is 0.241 e. The van der Waals surface area contributed by atoms with E-state index in [0.717, 1.165) is 5.56 Å². The molecule has 0 aromatic heterocycles. The highest BCUT2D eigenvalue weighted by Crippen LogP contribution is 2.24. The van der Waals surface area contributed by atoms with Gasteiger partial charge in [-0.2, -0.15) is 4.72 Å². The van der Waals surface area contributed by atoms with Gasteiger partial charge in [0.05, 0.1) is 4.90 Å². The highest BCUT2D eigenvalue weighted by atomic mass is 35.5. The fraction of sp³-hybridized carbons (Fsp3) is 0.250. The van der Waals surface area contributed by atoms with Crippen molar-refractivity contribution >= 4 is 21.6 Å². The Labute approximate surface area is 145 Å². The number of nitrogens with zero attached hydrogens (tertiary/aromatic N) is 1. The Morgan fingerprint density at radius 2 is 1.62 bits per heavy atom. The smallest absolute Gasteiger partial charge is 0.241 e. The van der Waals surface area contributed by atoms with Gasteiger partial charge in [-0.3, -0.25) is 10.1 Å². The summed E-state index contributed by atoms with van der Waals surface area (Å²) >= 11 is 5.83. The van der Waals surface area contributed by atoms with Crippen LogP contribution in [0.3, 0.4) is 0 Å². The predicted molar refractivity (Wildman–Crippen MR) is 92.1 cm³/mol. The molecular weight excluding hydrogens is 352 g/mol. The van der Waals surface area contributed by atoms with E-state index in [-0.39, 0.29) is 4.90 Å². The van der Waals surface area contributed by atoms with Crippen LogP contribution in [0.15, 0.2) is 53.4 Å². The molecule has 0 amide bonds. The van der Waals surface area contributed by atoms with E-state index < -0.39 is 27.0 Å². The summed E-state index contributed by atoms with van der Waals surface area (Å²) in [5.74, 6) is 0. The van der Waals surface area contributed by atoms with E-state index >= 15 is 0 Å². The average molecular weight is 369 g/mol. The summed E-state index contributed by atoms with van der Waals surface area (Å²) in [4.78, 5) is 10.7. The Morgan fingerprint density at radius 3 is 2.12 bits per heavy atom. The lowest BCUT2D eigenvalue weighted by Gasteiger charge is -2.20. The van der Waals surface area contributed by atoms with E-state index in [9.17, 15) is 18.5 Å². The Bertz CT molecular complexity index is 820. The van der Waals surface area contributed by atoms with Gasteiger partial charge in [0.1, 0.15) is 6.04 Å². The molecule has 0 heterocycles. The molecule has 1 N–H and O–H groups in total. The zero-order valence-corrected chi connectivity index (χ0v) is 14.7. The first-order valence-corrected chi connectivity index (χ1v) is 9.05. The first kappa shape index (κ1) is 18.4. The fourth-order valence-corrected chi connectivity index (χ4v) is 3.61.